The van der Waals surface area contributed by atoms with Gasteiger partial charge in [-0.1, -0.05) is 19.9 Å². The summed E-state index contributed by atoms with van der Waals surface area (Å²) in [5.74, 6) is 0. The number of rotatable bonds is 9. The first-order valence-corrected chi connectivity index (χ1v) is 10.1. The summed E-state index contributed by atoms with van der Waals surface area (Å²) in [6, 6.07) is 3.88. The van der Waals surface area contributed by atoms with Gasteiger partial charge in [-0.2, -0.15) is 4.31 Å². The van der Waals surface area contributed by atoms with E-state index in [-0.39, 0.29) is 28.6 Å². The van der Waals surface area contributed by atoms with E-state index in [4.69, 9.17) is 0 Å². The molecule has 2 rings (SSSR count). The normalized spacial score (nSPS) is 11.7. The molecule has 0 radical (unpaired) electrons. The van der Waals surface area contributed by atoms with Crippen molar-refractivity contribution in [1.29, 1.82) is 0 Å². The molecule has 1 aromatic carbocycles. The molecule has 0 saturated heterocycles. The van der Waals surface area contributed by atoms with Crippen LogP contribution < -0.4 is 0 Å². The zero-order chi connectivity index (χ0) is 19.3. The first kappa shape index (κ1) is 20.1. The maximum absolute atomic E-state index is 12.6. The van der Waals surface area contributed by atoms with Crippen LogP contribution in [0.4, 0.5) is 5.69 Å². The van der Waals surface area contributed by atoms with Crippen molar-refractivity contribution in [3.05, 3.63) is 47.3 Å². The Hall–Kier alpha value is -2.24. The van der Waals surface area contributed by atoms with E-state index in [0.29, 0.717) is 11.7 Å². The fraction of sp³-hybridized carbons (Fsp3) is 0.333. The Kier molecular flexibility index (Phi) is 6.51. The lowest BCUT2D eigenvalue weighted by molar-refractivity contribution is -0.388. The number of aromatic nitrogens is 3. The lowest BCUT2D eigenvalue weighted by Crippen LogP contribution is -2.30. The molecule has 0 amide bonds. The summed E-state index contributed by atoms with van der Waals surface area (Å²) < 4.78 is 28.1. The van der Waals surface area contributed by atoms with Gasteiger partial charge in [0.05, 0.1) is 14.7 Å². The summed E-state index contributed by atoms with van der Waals surface area (Å²) in [7, 11) is -3.78. The van der Waals surface area contributed by atoms with Gasteiger partial charge in [0.15, 0.2) is 5.16 Å². The van der Waals surface area contributed by atoms with E-state index in [1.54, 1.807) is 24.5 Å². The van der Waals surface area contributed by atoms with Crippen molar-refractivity contribution in [2.75, 3.05) is 13.1 Å². The molecular formula is C15H19N5O4S2. The maximum atomic E-state index is 12.6. The van der Waals surface area contributed by atoms with Gasteiger partial charge in [0.2, 0.25) is 10.0 Å². The topological polar surface area (TPSA) is 111 Å². The summed E-state index contributed by atoms with van der Waals surface area (Å²) in [5.41, 5.74) is -0.295. The Labute approximate surface area is 155 Å². The monoisotopic (exact) mass is 397 g/mol. The molecule has 0 saturated carbocycles. The number of sulfonamides is 1. The van der Waals surface area contributed by atoms with E-state index in [1.807, 2.05) is 0 Å². The third kappa shape index (κ3) is 4.11. The predicted molar refractivity (Wildman–Crippen MR) is 97.5 cm³/mol. The number of hydrogen-bond acceptors (Lipinski definition) is 7. The average Bonchev–Trinajstić information content (AvgIpc) is 3.03. The van der Waals surface area contributed by atoms with Gasteiger partial charge in [-0.05, 0) is 23.9 Å². The molecule has 2 aromatic rings. The minimum Gasteiger partial charge on any atom is -0.304 e. The predicted octanol–water partition coefficient (Wildman–Crippen LogP) is 2.55. The molecule has 26 heavy (non-hydrogen) atoms. The molecule has 0 atom stereocenters. The van der Waals surface area contributed by atoms with Crippen LogP contribution in [0.15, 0.2) is 52.1 Å². The SMILES string of the molecule is C=CCn1cnnc1Sc1ccc(S(=O)(=O)N(CC)CC)cc1[N+](=O)[O-]. The van der Waals surface area contributed by atoms with Crippen LogP contribution in [-0.2, 0) is 16.6 Å². The molecule has 9 nitrogen and oxygen atoms in total. The molecule has 0 aliphatic heterocycles. The highest BCUT2D eigenvalue weighted by molar-refractivity contribution is 7.99. The third-order valence-electron chi connectivity index (χ3n) is 3.58. The smallest absolute Gasteiger partial charge is 0.284 e. The Balaban J connectivity index is 2.45. The summed E-state index contributed by atoms with van der Waals surface area (Å²) >= 11 is 1.05. The van der Waals surface area contributed by atoms with E-state index in [9.17, 15) is 18.5 Å². The van der Waals surface area contributed by atoms with Crippen molar-refractivity contribution in [2.24, 2.45) is 0 Å². The number of benzene rings is 1. The molecule has 1 heterocycles. The minimum absolute atomic E-state index is 0.107. The van der Waals surface area contributed by atoms with Crippen LogP contribution in [0.3, 0.4) is 0 Å². The zero-order valence-electron chi connectivity index (χ0n) is 14.4. The highest BCUT2D eigenvalue weighted by Gasteiger charge is 2.26. The second-order valence-corrected chi connectivity index (χ2v) is 8.08. The van der Waals surface area contributed by atoms with Crippen LogP contribution in [0, 0.1) is 10.1 Å². The standard InChI is InChI=1S/C15H19N5O4S2/c1-4-9-18-11-16-17-15(18)25-14-8-7-12(10-13(14)20(21)22)26(23,24)19(5-2)6-3/h4,7-8,10-11H,1,5-6,9H2,2-3H3. The van der Waals surface area contributed by atoms with Crippen molar-refractivity contribution in [1.82, 2.24) is 19.1 Å². The van der Waals surface area contributed by atoms with E-state index in [2.05, 4.69) is 16.8 Å². The number of nitrogens with zero attached hydrogens (tertiary/aromatic N) is 5. The van der Waals surface area contributed by atoms with Crippen LogP contribution in [0.2, 0.25) is 0 Å². The summed E-state index contributed by atoms with van der Waals surface area (Å²) in [4.78, 5) is 11.1. The second kappa shape index (κ2) is 8.43. The molecule has 0 aliphatic carbocycles. The third-order valence-corrected chi connectivity index (χ3v) is 6.69. The van der Waals surface area contributed by atoms with E-state index in [1.165, 1.54) is 22.8 Å². The Morgan fingerprint density at radius 2 is 2.08 bits per heavy atom. The Morgan fingerprint density at radius 3 is 2.65 bits per heavy atom. The van der Waals surface area contributed by atoms with Gasteiger partial charge >= 0.3 is 0 Å². The molecular weight excluding hydrogens is 378 g/mol. The fourth-order valence-electron chi connectivity index (χ4n) is 2.29. The zero-order valence-corrected chi connectivity index (χ0v) is 16.0. The van der Waals surface area contributed by atoms with E-state index >= 15 is 0 Å². The average molecular weight is 397 g/mol. The first-order valence-electron chi connectivity index (χ1n) is 7.80. The van der Waals surface area contributed by atoms with Crippen molar-refractivity contribution in [3.8, 4) is 0 Å². The van der Waals surface area contributed by atoms with Crippen LogP contribution in [0.5, 0.6) is 0 Å². The van der Waals surface area contributed by atoms with Crippen LogP contribution in [0.25, 0.3) is 0 Å². The van der Waals surface area contributed by atoms with Crippen molar-refractivity contribution in [3.63, 3.8) is 0 Å². The molecule has 0 bridgehead atoms. The minimum atomic E-state index is -3.78. The lowest BCUT2D eigenvalue weighted by Gasteiger charge is -2.18. The maximum Gasteiger partial charge on any atom is 0.284 e. The highest BCUT2D eigenvalue weighted by atomic mass is 32.2. The molecule has 0 fully saturated rings. The summed E-state index contributed by atoms with van der Waals surface area (Å²) in [5, 5.41) is 19.6. The van der Waals surface area contributed by atoms with E-state index in [0.717, 1.165) is 17.8 Å². The largest absolute Gasteiger partial charge is 0.304 e. The quantitative estimate of drug-likeness (QED) is 0.363. The molecule has 1 aromatic heterocycles. The Morgan fingerprint density at radius 1 is 1.38 bits per heavy atom. The Bertz CT molecular complexity index is 907. The van der Waals surface area contributed by atoms with Gasteiger partial charge in [0.1, 0.15) is 6.33 Å². The number of hydrogen-bond donors (Lipinski definition) is 0. The van der Waals surface area contributed by atoms with Gasteiger partial charge in [-0.15, -0.1) is 16.8 Å². The fourth-order valence-corrected chi connectivity index (χ4v) is 4.66. The van der Waals surface area contributed by atoms with Crippen molar-refractivity contribution in [2.45, 2.75) is 35.3 Å². The van der Waals surface area contributed by atoms with Crippen LogP contribution in [0.1, 0.15) is 13.8 Å². The molecule has 0 aliphatic rings. The number of nitro groups is 1. The van der Waals surface area contributed by atoms with Gasteiger partial charge in [-0.25, -0.2) is 8.42 Å². The van der Waals surface area contributed by atoms with E-state index < -0.39 is 14.9 Å². The molecule has 11 heteroatoms. The van der Waals surface area contributed by atoms with Crippen molar-refractivity contribution < 1.29 is 13.3 Å². The molecule has 140 valence electrons. The van der Waals surface area contributed by atoms with Gasteiger partial charge in [0, 0.05) is 25.7 Å². The first-order chi connectivity index (χ1) is 12.3. The molecule has 0 unspecified atom stereocenters. The number of allylic oxidation sites excluding steroid dienone is 1. The molecule has 0 spiro atoms. The van der Waals surface area contributed by atoms with Crippen LogP contribution >= 0.6 is 11.8 Å². The van der Waals surface area contributed by atoms with Gasteiger partial charge in [0.25, 0.3) is 5.69 Å². The van der Waals surface area contributed by atoms with Crippen LogP contribution in [-0.4, -0.2) is 45.5 Å². The number of nitro benzene ring substituents is 1. The highest BCUT2D eigenvalue weighted by Crippen LogP contribution is 2.35. The van der Waals surface area contributed by atoms with Gasteiger partial charge < -0.3 is 4.57 Å². The second-order valence-electron chi connectivity index (χ2n) is 5.13. The lowest BCUT2D eigenvalue weighted by atomic mass is 10.3. The molecule has 0 N–H and O–H groups in total. The summed E-state index contributed by atoms with van der Waals surface area (Å²) in [6.45, 7) is 8.09. The van der Waals surface area contributed by atoms with Crippen molar-refractivity contribution >= 4 is 27.5 Å². The van der Waals surface area contributed by atoms with Gasteiger partial charge in [-0.3, -0.25) is 10.1 Å². The summed E-state index contributed by atoms with van der Waals surface area (Å²) in [6.07, 6.45) is 3.15.